The summed E-state index contributed by atoms with van der Waals surface area (Å²) in [6, 6.07) is 5.13. The van der Waals surface area contributed by atoms with Gasteiger partial charge >= 0.3 is 0 Å². The fourth-order valence-electron chi connectivity index (χ4n) is 3.57. The monoisotopic (exact) mass is 549 g/mol. The molecular formula is C22H24FN7O5S2. The quantitative estimate of drug-likeness (QED) is 0.313. The van der Waals surface area contributed by atoms with Gasteiger partial charge in [-0.2, -0.15) is 0 Å². The fraction of sp³-hybridized carbons (Fsp3) is 0.318. The summed E-state index contributed by atoms with van der Waals surface area (Å²) >= 11 is 1.32. The highest BCUT2D eigenvalue weighted by Gasteiger charge is 2.35. The van der Waals surface area contributed by atoms with Crippen LogP contribution >= 0.6 is 11.3 Å². The average Bonchev–Trinajstić information content (AvgIpc) is 3.50. The van der Waals surface area contributed by atoms with Gasteiger partial charge in [0.1, 0.15) is 28.5 Å². The van der Waals surface area contributed by atoms with Gasteiger partial charge in [-0.05, 0) is 26.0 Å². The van der Waals surface area contributed by atoms with E-state index in [1.165, 1.54) is 44.2 Å². The van der Waals surface area contributed by atoms with Crippen molar-refractivity contribution in [3.05, 3.63) is 53.3 Å². The molecule has 4 rings (SSSR count). The van der Waals surface area contributed by atoms with Crippen LogP contribution in [0.15, 0.2) is 36.0 Å². The first-order chi connectivity index (χ1) is 17.7. The predicted molar refractivity (Wildman–Crippen MR) is 134 cm³/mol. The van der Waals surface area contributed by atoms with Crippen LogP contribution in [0, 0.1) is 12.7 Å². The highest BCUT2D eigenvalue weighted by Crippen LogP contribution is 2.38. The topological polar surface area (TPSA) is 143 Å². The number of hydrogen-bond acceptors (Lipinski definition) is 11. The van der Waals surface area contributed by atoms with Gasteiger partial charge in [-0.15, -0.1) is 21.5 Å². The summed E-state index contributed by atoms with van der Waals surface area (Å²) in [6.45, 7) is 3.25. The van der Waals surface area contributed by atoms with E-state index >= 15 is 0 Å². The van der Waals surface area contributed by atoms with Gasteiger partial charge in [-0.25, -0.2) is 27.8 Å². The molecule has 0 radical (unpaired) electrons. The number of rotatable bonds is 10. The molecule has 0 aliphatic carbocycles. The maximum absolute atomic E-state index is 13.5. The molecule has 0 bridgehead atoms. The second-order valence-corrected chi connectivity index (χ2v) is 10.7. The third-order valence-electron chi connectivity index (χ3n) is 5.40. The zero-order valence-electron chi connectivity index (χ0n) is 20.5. The Kier molecular flexibility index (Phi) is 7.65. The van der Waals surface area contributed by atoms with E-state index in [2.05, 4.69) is 29.9 Å². The molecule has 3 aromatic heterocycles. The van der Waals surface area contributed by atoms with Gasteiger partial charge in [0, 0.05) is 18.2 Å². The van der Waals surface area contributed by atoms with E-state index in [9.17, 15) is 12.8 Å². The number of methoxy groups -OCH3 is 3. The van der Waals surface area contributed by atoms with Gasteiger partial charge in [0.2, 0.25) is 16.0 Å². The van der Waals surface area contributed by atoms with E-state index in [4.69, 9.17) is 14.2 Å². The van der Waals surface area contributed by atoms with E-state index in [1.54, 1.807) is 18.2 Å². The summed E-state index contributed by atoms with van der Waals surface area (Å²) < 4.78 is 60.7. The summed E-state index contributed by atoms with van der Waals surface area (Å²) in [4.78, 5) is 12.2. The molecular weight excluding hydrogens is 525 g/mol. The van der Waals surface area contributed by atoms with Crippen molar-refractivity contribution >= 4 is 27.3 Å². The number of ether oxygens (including phenoxy) is 3. The van der Waals surface area contributed by atoms with Gasteiger partial charge < -0.3 is 14.2 Å². The number of nitrogens with one attached hydrogen (secondary N) is 1. The normalized spacial score (nSPS) is 13.2. The van der Waals surface area contributed by atoms with Crippen molar-refractivity contribution in [2.24, 2.45) is 0 Å². The van der Waals surface area contributed by atoms with E-state index in [-0.39, 0.29) is 17.6 Å². The molecule has 0 spiro atoms. The van der Waals surface area contributed by atoms with Crippen LogP contribution in [0.4, 0.5) is 10.3 Å². The molecule has 12 nitrogen and oxygen atoms in total. The largest absolute Gasteiger partial charge is 0.494 e. The summed E-state index contributed by atoms with van der Waals surface area (Å²) in [5.41, 5.74) is 1.13. The highest BCUT2D eigenvalue weighted by atomic mass is 32.2. The number of anilines is 1. The Bertz CT molecular complexity index is 1470. The number of nitrogens with zero attached hydrogens (tertiary/aromatic N) is 6. The summed E-state index contributed by atoms with van der Waals surface area (Å²) in [6.07, 6.45) is 0.776. The SMILES string of the molecule is COc1cccc(OC)c1-n1c(NS(=O)(=O)[C@@H](C)[C@@H](OC)c2ncc(F)cn2)nnc1-c1nc(C)cs1. The lowest BCUT2D eigenvalue weighted by molar-refractivity contribution is 0.0948. The van der Waals surface area contributed by atoms with E-state index in [0.717, 1.165) is 18.1 Å². The lowest BCUT2D eigenvalue weighted by Crippen LogP contribution is -2.33. The van der Waals surface area contributed by atoms with Crippen molar-refractivity contribution in [3.8, 4) is 28.0 Å². The minimum Gasteiger partial charge on any atom is -0.494 e. The molecule has 4 aromatic rings. The number of halogens is 1. The molecule has 0 fully saturated rings. The van der Waals surface area contributed by atoms with Crippen molar-refractivity contribution in [3.63, 3.8) is 0 Å². The highest BCUT2D eigenvalue weighted by molar-refractivity contribution is 7.93. The fourth-order valence-corrected chi connectivity index (χ4v) is 5.47. The molecule has 0 aliphatic rings. The Morgan fingerprint density at radius 1 is 1.08 bits per heavy atom. The Balaban J connectivity index is 1.82. The van der Waals surface area contributed by atoms with E-state index in [1.807, 2.05) is 12.3 Å². The van der Waals surface area contributed by atoms with Crippen LogP contribution in [-0.4, -0.2) is 64.7 Å². The molecule has 0 aliphatic heterocycles. The van der Waals surface area contributed by atoms with Crippen molar-refractivity contribution < 1.29 is 27.0 Å². The van der Waals surface area contributed by atoms with Gasteiger partial charge in [0.25, 0.3) is 0 Å². The second kappa shape index (κ2) is 10.7. The van der Waals surface area contributed by atoms with Gasteiger partial charge in [-0.1, -0.05) is 6.07 Å². The van der Waals surface area contributed by atoms with Crippen LogP contribution in [0.1, 0.15) is 24.5 Å². The van der Waals surface area contributed by atoms with Crippen LogP contribution in [0.5, 0.6) is 11.5 Å². The zero-order valence-corrected chi connectivity index (χ0v) is 22.2. The first-order valence-electron chi connectivity index (χ1n) is 10.8. The zero-order chi connectivity index (χ0) is 26.7. The van der Waals surface area contributed by atoms with Crippen molar-refractivity contribution in [2.75, 3.05) is 26.1 Å². The number of thiazole rings is 1. The first-order valence-corrected chi connectivity index (χ1v) is 13.2. The molecule has 0 saturated carbocycles. The first kappa shape index (κ1) is 26.4. The minimum absolute atomic E-state index is 0.00795. The molecule has 0 unspecified atom stereocenters. The van der Waals surface area contributed by atoms with Crippen LogP contribution in [0.25, 0.3) is 16.5 Å². The lowest BCUT2D eigenvalue weighted by atomic mass is 10.2. The van der Waals surface area contributed by atoms with Crippen molar-refractivity contribution in [2.45, 2.75) is 25.2 Å². The van der Waals surface area contributed by atoms with Gasteiger partial charge in [0.15, 0.2) is 22.5 Å². The molecule has 2 atom stereocenters. The molecule has 1 aromatic carbocycles. The number of aryl methyl sites for hydroxylation is 1. The van der Waals surface area contributed by atoms with Crippen LogP contribution in [-0.2, 0) is 14.8 Å². The van der Waals surface area contributed by atoms with Crippen molar-refractivity contribution in [1.29, 1.82) is 0 Å². The number of para-hydroxylation sites is 1. The second-order valence-electron chi connectivity index (χ2n) is 7.76. The van der Waals surface area contributed by atoms with E-state index in [0.29, 0.717) is 22.2 Å². The molecule has 0 saturated heterocycles. The Morgan fingerprint density at radius 2 is 1.73 bits per heavy atom. The smallest absolute Gasteiger partial charge is 0.243 e. The molecule has 3 heterocycles. The standard InChI is InChI=1S/C22H24FN7O5S2/c1-12-11-36-21(26-12)20-27-28-22(30(20)17-15(33-3)7-6-8-16(17)34-4)29-37(31,32)13(2)18(35-5)19-24-9-14(23)10-25-19/h6-11,13,18H,1-5H3,(H,28,29)/t13-,18+/m0/s1. The summed E-state index contributed by atoms with van der Waals surface area (Å²) in [5, 5.41) is 9.49. The van der Waals surface area contributed by atoms with Crippen LogP contribution in [0.2, 0.25) is 0 Å². The van der Waals surface area contributed by atoms with Crippen LogP contribution in [0.3, 0.4) is 0 Å². The molecule has 196 valence electrons. The van der Waals surface area contributed by atoms with Gasteiger partial charge in [0.05, 0.1) is 26.6 Å². The lowest BCUT2D eigenvalue weighted by Gasteiger charge is -2.22. The molecule has 1 N–H and O–H groups in total. The minimum atomic E-state index is -4.19. The van der Waals surface area contributed by atoms with E-state index < -0.39 is 27.2 Å². The molecule has 0 amide bonds. The Morgan fingerprint density at radius 3 is 2.27 bits per heavy atom. The third-order valence-corrected chi connectivity index (χ3v) is 8.05. The van der Waals surface area contributed by atoms with Crippen LogP contribution < -0.4 is 14.2 Å². The summed E-state index contributed by atoms with van der Waals surface area (Å²) in [7, 11) is 0.0867. The third kappa shape index (κ3) is 5.23. The van der Waals surface area contributed by atoms with Crippen molar-refractivity contribution in [1.82, 2.24) is 29.7 Å². The number of sulfonamides is 1. The predicted octanol–water partition coefficient (Wildman–Crippen LogP) is 3.16. The van der Waals surface area contributed by atoms with Gasteiger partial charge in [-0.3, -0.25) is 9.29 Å². The number of aromatic nitrogens is 6. The Labute approximate surface area is 216 Å². The number of hydrogen-bond donors (Lipinski definition) is 1. The molecule has 37 heavy (non-hydrogen) atoms. The Hall–Kier alpha value is -3.69. The summed E-state index contributed by atoms with van der Waals surface area (Å²) in [5.74, 6) is 0.266. The maximum atomic E-state index is 13.5. The average molecular weight is 550 g/mol. The number of benzene rings is 1. The maximum Gasteiger partial charge on any atom is 0.243 e. The molecule has 15 heteroatoms.